The molecule has 72 valence electrons. The number of carbonyl (C=O) groups is 1. The summed E-state index contributed by atoms with van der Waals surface area (Å²) in [6.45, 7) is 0.907. The largest absolute Gasteiger partial charge is 0.454 e. The van der Waals surface area contributed by atoms with Gasteiger partial charge in [-0.25, -0.2) is 0 Å². The van der Waals surface area contributed by atoms with Crippen molar-refractivity contribution in [3.63, 3.8) is 0 Å². The Kier molecular flexibility index (Phi) is 1.45. The molecule has 0 saturated heterocycles. The topological polar surface area (TPSA) is 47.6 Å². The number of carbonyl (C=O) groups excluding carboxylic acids is 1. The van der Waals surface area contributed by atoms with Crippen molar-refractivity contribution in [1.29, 1.82) is 0 Å². The third-order valence-electron chi connectivity index (χ3n) is 2.53. The standard InChI is InChI=1S/C10H9NO3/c12-10-8-6(3-4-11-10)1-2-7-9(8)14-5-13-7/h1-2H,3-5H2,(H,11,12). The van der Waals surface area contributed by atoms with Gasteiger partial charge in [0.1, 0.15) is 0 Å². The fourth-order valence-electron chi connectivity index (χ4n) is 1.87. The molecule has 2 aliphatic rings. The van der Waals surface area contributed by atoms with Crippen LogP contribution in [-0.4, -0.2) is 19.2 Å². The number of nitrogens with one attached hydrogen (secondary N) is 1. The molecule has 1 aromatic rings. The lowest BCUT2D eigenvalue weighted by molar-refractivity contribution is 0.0941. The van der Waals surface area contributed by atoms with Gasteiger partial charge in [0.05, 0.1) is 5.56 Å². The summed E-state index contributed by atoms with van der Waals surface area (Å²) < 4.78 is 10.5. The highest BCUT2D eigenvalue weighted by Crippen LogP contribution is 2.38. The maximum Gasteiger partial charge on any atom is 0.255 e. The van der Waals surface area contributed by atoms with Crippen molar-refractivity contribution in [2.75, 3.05) is 13.3 Å². The zero-order valence-electron chi connectivity index (χ0n) is 7.50. The second kappa shape index (κ2) is 2.64. The van der Waals surface area contributed by atoms with Gasteiger partial charge >= 0.3 is 0 Å². The van der Waals surface area contributed by atoms with E-state index in [1.54, 1.807) is 0 Å². The van der Waals surface area contributed by atoms with Gasteiger partial charge in [-0.3, -0.25) is 4.79 Å². The number of hydrogen-bond acceptors (Lipinski definition) is 3. The maximum absolute atomic E-state index is 11.6. The van der Waals surface area contributed by atoms with Gasteiger partial charge in [0.15, 0.2) is 11.5 Å². The van der Waals surface area contributed by atoms with Crippen molar-refractivity contribution >= 4 is 5.91 Å². The number of hydrogen-bond donors (Lipinski definition) is 1. The van der Waals surface area contributed by atoms with Gasteiger partial charge in [-0.05, 0) is 18.1 Å². The summed E-state index contributed by atoms with van der Waals surface area (Å²) in [6.07, 6.45) is 0.859. The van der Waals surface area contributed by atoms with Crippen LogP contribution in [0.2, 0.25) is 0 Å². The minimum Gasteiger partial charge on any atom is -0.454 e. The molecule has 0 aliphatic carbocycles. The molecule has 0 aromatic heterocycles. The highest BCUT2D eigenvalue weighted by molar-refractivity contribution is 6.00. The van der Waals surface area contributed by atoms with E-state index in [2.05, 4.69) is 5.32 Å². The number of ether oxygens (including phenoxy) is 2. The second-order valence-electron chi connectivity index (χ2n) is 3.34. The molecule has 3 rings (SSSR count). The second-order valence-corrected chi connectivity index (χ2v) is 3.34. The molecular weight excluding hydrogens is 182 g/mol. The van der Waals surface area contributed by atoms with Crippen LogP contribution in [0, 0.1) is 0 Å². The van der Waals surface area contributed by atoms with Gasteiger partial charge in [0.2, 0.25) is 6.79 Å². The minimum atomic E-state index is -0.0615. The van der Waals surface area contributed by atoms with Crippen molar-refractivity contribution in [2.24, 2.45) is 0 Å². The number of rotatable bonds is 0. The van der Waals surface area contributed by atoms with Crippen LogP contribution in [0.4, 0.5) is 0 Å². The Labute approximate surface area is 80.8 Å². The molecule has 0 saturated carbocycles. The zero-order chi connectivity index (χ0) is 9.54. The van der Waals surface area contributed by atoms with Crippen molar-refractivity contribution < 1.29 is 14.3 Å². The summed E-state index contributed by atoms with van der Waals surface area (Å²) in [6, 6.07) is 3.79. The lowest BCUT2D eigenvalue weighted by Crippen LogP contribution is -2.31. The molecule has 0 radical (unpaired) electrons. The molecule has 2 aliphatic heterocycles. The van der Waals surface area contributed by atoms with Crippen LogP contribution < -0.4 is 14.8 Å². The Balaban J connectivity index is 2.24. The summed E-state index contributed by atoms with van der Waals surface area (Å²) in [5.74, 6) is 1.20. The third-order valence-corrected chi connectivity index (χ3v) is 2.53. The van der Waals surface area contributed by atoms with Crippen molar-refractivity contribution in [3.05, 3.63) is 23.3 Å². The van der Waals surface area contributed by atoms with E-state index < -0.39 is 0 Å². The molecule has 0 unspecified atom stereocenters. The van der Waals surface area contributed by atoms with Crippen LogP contribution in [0.5, 0.6) is 11.5 Å². The van der Waals surface area contributed by atoms with Crippen molar-refractivity contribution in [3.8, 4) is 11.5 Å². The monoisotopic (exact) mass is 191 g/mol. The molecule has 14 heavy (non-hydrogen) atoms. The van der Waals surface area contributed by atoms with Gasteiger partial charge in [-0.2, -0.15) is 0 Å². The van der Waals surface area contributed by atoms with Gasteiger partial charge in [0.25, 0.3) is 5.91 Å². The SMILES string of the molecule is O=C1NCCc2ccc3c(c21)OCO3. The average molecular weight is 191 g/mol. The van der Waals surface area contributed by atoms with Crippen LogP contribution in [0.1, 0.15) is 15.9 Å². The smallest absolute Gasteiger partial charge is 0.255 e. The van der Waals surface area contributed by atoms with Crippen LogP contribution in [0.15, 0.2) is 12.1 Å². The zero-order valence-corrected chi connectivity index (χ0v) is 7.50. The first-order valence-corrected chi connectivity index (χ1v) is 4.56. The molecule has 0 atom stereocenters. The summed E-state index contributed by atoms with van der Waals surface area (Å²) >= 11 is 0. The number of fused-ring (bicyclic) bond motifs is 3. The molecular formula is C10H9NO3. The first-order valence-electron chi connectivity index (χ1n) is 4.56. The Morgan fingerprint density at radius 1 is 1.29 bits per heavy atom. The predicted octanol–water partition coefficient (Wildman–Crippen LogP) is 0.701. The Bertz CT molecular complexity index is 414. The van der Waals surface area contributed by atoms with E-state index in [-0.39, 0.29) is 12.7 Å². The number of benzene rings is 1. The molecule has 2 heterocycles. The van der Waals surface area contributed by atoms with Crippen LogP contribution >= 0.6 is 0 Å². The Morgan fingerprint density at radius 3 is 3.14 bits per heavy atom. The molecule has 0 bridgehead atoms. The summed E-state index contributed by atoms with van der Waals surface area (Å²) in [7, 11) is 0. The van der Waals surface area contributed by atoms with E-state index in [0.29, 0.717) is 23.6 Å². The lowest BCUT2D eigenvalue weighted by Gasteiger charge is -2.17. The normalized spacial score (nSPS) is 17.6. The maximum atomic E-state index is 11.6. The average Bonchev–Trinajstić information content (AvgIpc) is 2.65. The van der Waals surface area contributed by atoms with Crippen LogP contribution in [0.3, 0.4) is 0 Å². The fraction of sp³-hybridized carbons (Fsp3) is 0.300. The van der Waals surface area contributed by atoms with E-state index in [4.69, 9.17) is 9.47 Å². The molecule has 4 nitrogen and oxygen atoms in total. The lowest BCUT2D eigenvalue weighted by atomic mass is 9.99. The van der Waals surface area contributed by atoms with Crippen LogP contribution in [0.25, 0.3) is 0 Å². The number of amides is 1. The van der Waals surface area contributed by atoms with Gasteiger partial charge in [0, 0.05) is 6.54 Å². The Hall–Kier alpha value is -1.71. The van der Waals surface area contributed by atoms with E-state index in [0.717, 1.165) is 12.0 Å². The van der Waals surface area contributed by atoms with Gasteiger partial charge in [-0.15, -0.1) is 0 Å². The van der Waals surface area contributed by atoms with Crippen LogP contribution in [-0.2, 0) is 6.42 Å². The molecule has 0 spiro atoms. The first kappa shape index (κ1) is 7.67. The van der Waals surface area contributed by atoms with Gasteiger partial charge in [-0.1, -0.05) is 6.07 Å². The molecule has 4 heteroatoms. The highest BCUT2D eigenvalue weighted by atomic mass is 16.7. The Morgan fingerprint density at radius 2 is 2.21 bits per heavy atom. The van der Waals surface area contributed by atoms with E-state index in [1.807, 2.05) is 12.1 Å². The summed E-state index contributed by atoms with van der Waals surface area (Å²) in [4.78, 5) is 11.6. The summed E-state index contributed by atoms with van der Waals surface area (Å²) in [5.41, 5.74) is 1.68. The third kappa shape index (κ3) is 0.907. The van der Waals surface area contributed by atoms with Crippen molar-refractivity contribution in [1.82, 2.24) is 5.32 Å². The molecule has 1 amide bonds. The van der Waals surface area contributed by atoms with E-state index in [1.165, 1.54) is 0 Å². The van der Waals surface area contributed by atoms with E-state index in [9.17, 15) is 4.79 Å². The minimum absolute atomic E-state index is 0.0615. The quantitative estimate of drug-likeness (QED) is 0.656. The molecule has 1 aromatic carbocycles. The predicted molar refractivity (Wildman–Crippen MR) is 48.6 cm³/mol. The highest BCUT2D eigenvalue weighted by Gasteiger charge is 2.27. The molecule has 0 fully saturated rings. The van der Waals surface area contributed by atoms with E-state index >= 15 is 0 Å². The summed E-state index contributed by atoms with van der Waals surface area (Å²) in [5, 5.41) is 2.79. The van der Waals surface area contributed by atoms with Crippen molar-refractivity contribution in [2.45, 2.75) is 6.42 Å². The molecule has 1 N–H and O–H groups in total. The van der Waals surface area contributed by atoms with Gasteiger partial charge < -0.3 is 14.8 Å². The fourth-order valence-corrected chi connectivity index (χ4v) is 1.87. The first-order chi connectivity index (χ1) is 6.86.